The molecule has 4 aromatic rings. The Morgan fingerprint density at radius 3 is 2.54 bits per heavy atom. The van der Waals surface area contributed by atoms with Crippen LogP contribution in [0.3, 0.4) is 0 Å². The van der Waals surface area contributed by atoms with Gasteiger partial charge in [-0.2, -0.15) is 0 Å². The highest BCUT2D eigenvalue weighted by atomic mass is 16.5. The monoisotopic (exact) mass is 495 g/mol. The van der Waals surface area contributed by atoms with Crippen LogP contribution in [-0.2, 0) is 11.3 Å². The van der Waals surface area contributed by atoms with E-state index in [1.165, 1.54) is 16.3 Å². The lowest BCUT2D eigenvalue weighted by Crippen LogP contribution is -2.47. The molecule has 0 unspecified atom stereocenters. The number of nitrogens with one attached hydrogen (secondary N) is 1. The number of carbonyl (C=O) groups is 1. The SMILES string of the molecule is O=C(NCCOc1ccccc1)[C@@H]1C[C@H](COc2cccnc2)CN(Cc2ccc3ccccc3c2)C1. The van der Waals surface area contributed by atoms with Gasteiger partial charge in [0.1, 0.15) is 18.1 Å². The van der Waals surface area contributed by atoms with Crippen molar-refractivity contribution in [3.05, 3.63) is 103 Å². The second kappa shape index (κ2) is 12.4. The largest absolute Gasteiger partial charge is 0.492 e. The van der Waals surface area contributed by atoms with Crippen LogP contribution in [0.15, 0.2) is 97.3 Å². The minimum absolute atomic E-state index is 0.0752. The summed E-state index contributed by atoms with van der Waals surface area (Å²) in [6, 6.07) is 28.5. The maximum absolute atomic E-state index is 13.2. The Morgan fingerprint density at radius 1 is 0.892 bits per heavy atom. The number of nitrogens with zero attached hydrogens (tertiary/aromatic N) is 2. The molecule has 5 rings (SSSR count). The number of piperidine rings is 1. The second-order valence-corrected chi connectivity index (χ2v) is 9.63. The van der Waals surface area contributed by atoms with E-state index in [2.05, 4.69) is 57.7 Å². The van der Waals surface area contributed by atoms with Gasteiger partial charge in [0.05, 0.1) is 25.3 Å². The van der Waals surface area contributed by atoms with E-state index >= 15 is 0 Å². The Hall–Kier alpha value is -3.90. The van der Waals surface area contributed by atoms with Gasteiger partial charge in [0.2, 0.25) is 5.91 Å². The van der Waals surface area contributed by atoms with Gasteiger partial charge in [-0.3, -0.25) is 14.7 Å². The predicted octanol–water partition coefficient (Wildman–Crippen LogP) is 4.95. The number of carbonyl (C=O) groups excluding carboxylic acids is 1. The molecule has 1 fully saturated rings. The van der Waals surface area contributed by atoms with Crippen molar-refractivity contribution in [3.63, 3.8) is 0 Å². The molecular formula is C31H33N3O3. The maximum Gasteiger partial charge on any atom is 0.224 e. The Labute approximate surface area is 218 Å². The summed E-state index contributed by atoms with van der Waals surface area (Å²) >= 11 is 0. The van der Waals surface area contributed by atoms with Gasteiger partial charge in [-0.05, 0) is 53.1 Å². The quantitative estimate of drug-likeness (QED) is 0.316. The fraction of sp³-hybridized carbons (Fsp3) is 0.290. The van der Waals surface area contributed by atoms with Gasteiger partial charge in [0.15, 0.2) is 0 Å². The zero-order valence-electron chi connectivity index (χ0n) is 21.0. The first-order chi connectivity index (χ1) is 18.2. The van der Waals surface area contributed by atoms with E-state index in [1.54, 1.807) is 12.4 Å². The van der Waals surface area contributed by atoms with Crippen molar-refractivity contribution in [2.45, 2.75) is 13.0 Å². The third-order valence-corrected chi connectivity index (χ3v) is 6.74. The number of pyridine rings is 1. The first kappa shape index (κ1) is 24.8. The third-order valence-electron chi connectivity index (χ3n) is 6.74. The maximum atomic E-state index is 13.2. The molecule has 0 bridgehead atoms. The van der Waals surface area contributed by atoms with E-state index in [0.29, 0.717) is 19.8 Å². The minimum Gasteiger partial charge on any atom is -0.492 e. The summed E-state index contributed by atoms with van der Waals surface area (Å²) in [4.78, 5) is 19.7. The molecule has 1 aliphatic heterocycles. The number of amides is 1. The van der Waals surface area contributed by atoms with Crippen LogP contribution in [0.2, 0.25) is 0 Å². The average molecular weight is 496 g/mol. The summed E-state index contributed by atoms with van der Waals surface area (Å²) in [5.74, 6) is 1.78. The molecule has 2 heterocycles. The first-order valence-electron chi connectivity index (χ1n) is 12.9. The van der Waals surface area contributed by atoms with Crippen LogP contribution in [-0.4, -0.2) is 48.6 Å². The van der Waals surface area contributed by atoms with E-state index in [-0.39, 0.29) is 17.7 Å². The van der Waals surface area contributed by atoms with Crippen molar-refractivity contribution in [3.8, 4) is 11.5 Å². The number of ether oxygens (including phenoxy) is 2. The first-order valence-corrected chi connectivity index (χ1v) is 12.9. The molecule has 2 atom stereocenters. The van der Waals surface area contributed by atoms with Gasteiger partial charge in [-0.1, -0.05) is 54.6 Å². The smallest absolute Gasteiger partial charge is 0.224 e. The Morgan fingerprint density at radius 2 is 1.70 bits per heavy atom. The molecule has 0 spiro atoms. The number of benzene rings is 3. The number of hydrogen-bond acceptors (Lipinski definition) is 5. The van der Waals surface area contributed by atoms with E-state index in [0.717, 1.165) is 37.6 Å². The van der Waals surface area contributed by atoms with Crippen molar-refractivity contribution in [2.75, 3.05) is 32.8 Å². The molecule has 190 valence electrons. The highest BCUT2D eigenvalue weighted by Gasteiger charge is 2.32. The van der Waals surface area contributed by atoms with E-state index in [4.69, 9.17) is 9.47 Å². The third kappa shape index (κ3) is 7.08. The van der Waals surface area contributed by atoms with Crippen LogP contribution in [0.5, 0.6) is 11.5 Å². The van der Waals surface area contributed by atoms with Crippen molar-refractivity contribution in [1.29, 1.82) is 0 Å². The highest BCUT2D eigenvalue weighted by Crippen LogP contribution is 2.26. The summed E-state index contributed by atoms with van der Waals surface area (Å²) in [7, 11) is 0. The highest BCUT2D eigenvalue weighted by molar-refractivity contribution is 5.83. The molecule has 0 saturated carbocycles. The van der Waals surface area contributed by atoms with Crippen molar-refractivity contribution in [1.82, 2.24) is 15.2 Å². The van der Waals surface area contributed by atoms with Crippen molar-refractivity contribution < 1.29 is 14.3 Å². The normalized spacial score (nSPS) is 17.8. The van der Waals surface area contributed by atoms with Gasteiger partial charge < -0.3 is 14.8 Å². The van der Waals surface area contributed by atoms with Crippen LogP contribution < -0.4 is 14.8 Å². The number of aromatic nitrogens is 1. The number of likely N-dealkylation sites (tertiary alicyclic amines) is 1. The molecule has 1 saturated heterocycles. The zero-order valence-corrected chi connectivity index (χ0v) is 21.0. The van der Waals surface area contributed by atoms with Gasteiger partial charge in [-0.15, -0.1) is 0 Å². The summed E-state index contributed by atoms with van der Waals surface area (Å²) in [6.45, 7) is 3.88. The van der Waals surface area contributed by atoms with Crippen molar-refractivity contribution in [2.24, 2.45) is 11.8 Å². The fourth-order valence-electron chi connectivity index (χ4n) is 4.99. The standard InChI is InChI=1S/C31H33N3O3/c35-31(33-15-16-36-29-9-2-1-3-10-29)28-18-25(23-37-30-11-6-14-32-19-30)21-34(22-28)20-24-12-13-26-7-4-5-8-27(26)17-24/h1-14,17,19,25,28H,15-16,18,20-23H2,(H,33,35)/t25-,28+/m0/s1. The van der Waals surface area contributed by atoms with Gasteiger partial charge in [-0.25, -0.2) is 0 Å². The molecule has 0 radical (unpaired) electrons. The summed E-state index contributed by atoms with van der Waals surface area (Å²) in [5, 5.41) is 5.56. The van der Waals surface area contributed by atoms with E-state index < -0.39 is 0 Å². The lowest BCUT2D eigenvalue weighted by molar-refractivity contribution is -0.127. The second-order valence-electron chi connectivity index (χ2n) is 9.63. The number of para-hydroxylation sites is 1. The number of fused-ring (bicyclic) bond motifs is 1. The molecule has 37 heavy (non-hydrogen) atoms. The summed E-state index contributed by atoms with van der Waals surface area (Å²) in [5.41, 5.74) is 1.25. The summed E-state index contributed by atoms with van der Waals surface area (Å²) < 4.78 is 11.8. The fourth-order valence-corrected chi connectivity index (χ4v) is 4.99. The topological polar surface area (TPSA) is 63.7 Å². The summed E-state index contributed by atoms with van der Waals surface area (Å²) in [6.07, 6.45) is 4.26. The molecule has 6 heteroatoms. The molecule has 1 aromatic heterocycles. The van der Waals surface area contributed by atoms with Gasteiger partial charge >= 0.3 is 0 Å². The Balaban J connectivity index is 1.21. The van der Waals surface area contributed by atoms with Gasteiger partial charge in [0, 0.05) is 31.7 Å². The van der Waals surface area contributed by atoms with E-state index in [9.17, 15) is 4.79 Å². The average Bonchev–Trinajstić information content (AvgIpc) is 2.95. The van der Waals surface area contributed by atoms with Gasteiger partial charge in [0.25, 0.3) is 0 Å². The minimum atomic E-state index is -0.103. The van der Waals surface area contributed by atoms with Crippen LogP contribution in [0, 0.1) is 11.8 Å². The molecule has 6 nitrogen and oxygen atoms in total. The molecule has 3 aromatic carbocycles. The lowest BCUT2D eigenvalue weighted by Gasteiger charge is -2.37. The molecular weight excluding hydrogens is 462 g/mol. The molecule has 1 aliphatic rings. The van der Waals surface area contributed by atoms with E-state index in [1.807, 2.05) is 42.5 Å². The van der Waals surface area contributed by atoms with Crippen LogP contribution in [0.25, 0.3) is 10.8 Å². The molecule has 0 aliphatic carbocycles. The van der Waals surface area contributed by atoms with Crippen LogP contribution in [0.4, 0.5) is 0 Å². The van der Waals surface area contributed by atoms with Crippen molar-refractivity contribution >= 4 is 16.7 Å². The van der Waals surface area contributed by atoms with Crippen LogP contribution >= 0.6 is 0 Å². The Bertz CT molecular complexity index is 1280. The lowest BCUT2D eigenvalue weighted by atomic mass is 9.88. The molecule has 1 amide bonds. The zero-order chi connectivity index (χ0) is 25.3. The number of rotatable bonds is 10. The Kier molecular flexibility index (Phi) is 8.28. The van der Waals surface area contributed by atoms with Crippen LogP contribution in [0.1, 0.15) is 12.0 Å². The number of hydrogen-bond donors (Lipinski definition) is 1. The molecule has 1 N–H and O–H groups in total. The predicted molar refractivity (Wildman–Crippen MR) is 146 cm³/mol.